The van der Waals surface area contributed by atoms with Crippen molar-refractivity contribution >= 4 is 40.7 Å². The Bertz CT molecular complexity index is 961. The van der Waals surface area contributed by atoms with Crippen LogP contribution in [0.3, 0.4) is 0 Å². The van der Waals surface area contributed by atoms with Gasteiger partial charge in [0.05, 0.1) is 10.9 Å². The van der Waals surface area contributed by atoms with E-state index in [-0.39, 0.29) is 16.6 Å². The number of rotatable bonds is 4. The summed E-state index contributed by atoms with van der Waals surface area (Å²) in [6.45, 7) is 5.49. The van der Waals surface area contributed by atoms with Gasteiger partial charge in [0, 0.05) is 16.4 Å². The normalized spacial score (nSPS) is 12.4. The maximum absolute atomic E-state index is 13.8. The maximum Gasteiger partial charge on any atom is 0.253 e. The molecule has 0 fully saturated rings. The molecule has 2 aromatic heterocycles. The summed E-state index contributed by atoms with van der Waals surface area (Å²) in [5.41, 5.74) is 1.83. The number of amides is 1. The van der Waals surface area contributed by atoms with Crippen LogP contribution in [-0.2, 0) is 4.79 Å². The van der Waals surface area contributed by atoms with Crippen molar-refractivity contribution in [3.63, 3.8) is 0 Å². The zero-order chi connectivity index (χ0) is 18.1. The molecule has 3 aromatic rings. The van der Waals surface area contributed by atoms with Crippen LogP contribution in [0.5, 0.6) is 0 Å². The van der Waals surface area contributed by atoms with E-state index in [2.05, 4.69) is 20.4 Å². The SMILES string of the molecule is Cc1cc(C)n2nc(SC(C)C(=O)Nc3ccc(Cl)cc3F)nc2n1. The molecule has 0 bridgehead atoms. The van der Waals surface area contributed by atoms with Gasteiger partial charge in [0.15, 0.2) is 0 Å². The van der Waals surface area contributed by atoms with Crippen LogP contribution in [0, 0.1) is 19.7 Å². The molecule has 25 heavy (non-hydrogen) atoms. The second kappa shape index (κ2) is 6.97. The van der Waals surface area contributed by atoms with E-state index in [1.54, 1.807) is 11.4 Å². The molecular weight excluding hydrogens is 365 g/mol. The monoisotopic (exact) mass is 379 g/mol. The summed E-state index contributed by atoms with van der Waals surface area (Å²) in [7, 11) is 0. The number of anilines is 1. The van der Waals surface area contributed by atoms with Crippen LogP contribution in [0.15, 0.2) is 29.4 Å². The van der Waals surface area contributed by atoms with Crippen LogP contribution in [0.25, 0.3) is 5.78 Å². The van der Waals surface area contributed by atoms with Gasteiger partial charge in [0.2, 0.25) is 11.1 Å². The summed E-state index contributed by atoms with van der Waals surface area (Å²) in [4.78, 5) is 20.9. The number of carbonyl (C=O) groups excluding carboxylic acids is 1. The number of benzene rings is 1. The van der Waals surface area contributed by atoms with Crippen molar-refractivity contribution in [3.05, 3.63) is 46.5 Å². The van der Waals surface area contributed by atoms with Crippen molar-refractivity contribution in [2.45, 2.75) is 31.2 Å². The maximum atomic E-state index is 13.8. The highest BCUT2D eigenvalue weighted by atomic mass is 35.5. The van der Waals surface area contributed by atoms with Gasteiger partial charge in [-0.1, -0.05) is 23.4 Å². The Morgan fingerprint density at radius 1 is 1.32 bits per heavy atom. The predicted octanol–water partition coefficient (Wildman–Crippen LogP) is 3.65. The first-order valence-corrected chi connectivity index (χ1v) is 8.73. The highest BCUT2D eigenvalue weighted by molar-refractivity contribution is 8.00. The highest BCUT2D eigenvalue weighted by Crippen LogP contribution is 2.24. The summed E-state index contributed by atoms with van der Waals surface area (Å²) >= 11 is 6.88. The van der Waals surface area contributed by atoms with E-state index in [0.717, 1.165) is 17.5 Å². The summed E-state index contributed by atoms with van der Waals surface area (Å²) in [6, 6.07) is 5.98. The molecule has 0 aliphatic rings. The molecule has 3 rings (SSSR count). The number of nitrogens with zero attached hydrogens (tertiary/aromatic N) is 4. The third-order valence-electron chi connectivity index (χ3n) is 3.44. The molecule has 0 saturated heterocycles. The largest absolute Gasteiger partial charge is 0.323 e. The van der Waals surface area contributed by atoms with E-state index in [4.69, 9.17) is 11.6 Å². The van der Waals surface area contributed by atoms with Gasteiger partial charge in [0.1, 0.15) is 5.82 Å². The molecule has 1 unspecified atom stereocenters. The molecule has 1 amide bonds. The number of fused-ring (bicyclic) bond motifs is 1. The van der Waals surface area contributed by atoms with Gasteiger partial charge in [-0.2, -0.15) is 4.98 Å². The van der Waals surface area contributed by atoms with Gasteiger partial charge < -0.3 is 5.32 Å². The standard InChI is InChI=1S/C16H15ClFN5OS/c1-8-6-9(2)23-15(19-8)21-16(22-23)25-10(3)14(24)20-13-5-4-11(17)7-12(13)18/h4-7,10H,1-3H3,(H,20,24). The number of hydrogen-bond donors (Lipinski definition) is 1. The third-order valence-corrected chi connectivity index (χ3v) is 4.63. The minimum absolute atomic E-state index is 0.0814. The number of halogens is 2. The van der Waals surface area contributed by atoms with Crippen LogP contribution < -0.4 is 5.32 Å². The molecule has 0 aliphatic carbocycles. The van der Waals surface area contributed by atoms with Crippen LogP contribution in [0.2, 0.25) is 5.02 Å². The second-order valence-electron chi connectivity index (χ2n) is 5.52. The number of carbonyl (C=O) groups is 1. The topological polar surface area (TPSA) is 72.2 Å². The summed E-state index contributed by atoms with van der Waals surface area (Å²) < 4.78 is 15.4. The number of aryl methyl sites for hydroxylation is 2. The first-order valence-electron chi connectivity index (χ1n) is 7.47. The van der Waals surface area contributed by atoms with Gasteiger partial charge in [-0.15, -0.1) is 5.10 Å². The summed E-state index contributed by atoms with van der Waals surface area (Å²) in [5, 5.41) is 7.07. The Morgan fingerprint density at radius 3 is 2.80 bits per heavy atom. The van der Waals surface area contributed by atoms with Crippen molar-refractivity contribution in [1.29, 1.82) is 0 Å². The molecule has 1 atom stereocenters. The molecule has 130 valence electrons. The smallest absolute Gasteiger partial charge is 0.253 e. The van der Waals surface area contributed by atoms with Gasteiger partial charge in [-0.3, -0.25) is 4.79 Å². The average Bonchev–Trinajstić information content (AvgIpc) is 2.92. The minimum Gasteiger partial charge on any atom is -0.323 e. The minimum atomic E-state index is -0.584. The first kappa shape index (κ1) is 17.6. The molecule has 2 heterocycles. The number of nitrogens with one attached hydrogen (secondary N) is 1. The number of hydrogen-bond acceptors (Lipinski definition) is 5. The average molecular weight is 380 g/mol. The van der Waals surface area contributed by atoms with Crippen LogP contribution in [-0.4, -0.2) is 30.7 Å². The molecule has 0 spiro atoms. The predicted molar refractivity (Wildman–Crippen MR) is 95.6 cm³/mol. The van der Waals surface area contributed by atoms with E-state index < -0.39 is 11.1 Å². The van der Waals surface area contributed by atoms with Gasteiger partial charge in [-0.25, -0.2) is 13.9 Å². The summed E-state index contributed by atoms with van der Waals surface area (Å²) in [6.07, 6.45) is 0. The van der Waals surface area contributed by atoms with Crippen molar-refractivity contribution < 1.29 is 9.18 Å². The fourth-order valence-electron chi connectivity index (χ4n) is 2.23. The Kier molecular flexibility index (Phi) is 4.91. The van der Waals surface area contributed by atoms with Crippen molar-refractivity contribution in [2.75, 3.05) is 5.32 Å². The van der Waals surface area contributed by atoms with E-state index in [1.165, 1.54) is 23.9 Å². The molecule has 1 aromatic carbocycles. The molecule has 0 saturated carbocycles. The second-order valence-corrected chi connectivity index (χ2v) is 7.26. The molecule has 0 radical (unpaired) electrons. The van der Waals surface area contributed by atoms with E-state index >= 15 is 0 Å². The third kappa shape index (κ3) is 3.91. The molecular formula is C16H15ClFN5OS. The molecule has 6 nitrogen and oxygen atoms in total. The zero-order valence-electron chi connectivity index (χ0n) is 13.7. The quantitative estimate of drug-likeness (QED) is 0.700. The van der Waals surface area contributed by atoms with Crippen molar-refractivity contribution in [1.82, 2.24) is 19.6 Å². The fourth-order valence-corrected chi connectivity index (χ4v) is 3.14. The lowest BCUT2D eigenvalue weighted by molar-refractivity contribution is -0.115. The lowest BCUT2D eigenvalue weighted by Crippen LogP contribution is -2.23. The lowest BCUT2D eigenvalue weighted by atomic mass is 10.3. The van der Waals surface area contributed by atoms with E-state index in [9.17, 15) is 9.18 Å². The molecule has 0 aliphatic heterocycles. The van der Waals surface area contributed by atoms with Gasteiger partial charge >= 0.3 is 0 Å². The van der Waals surface area contributed by atoms with Crippen LogP contribution >= 0.6 is 23.4 Å². The fraction of sp³-hybridized carbons (Fsp3) is 0.250. The Hall–Kier alpha value is -2.19. The van der Waals surface area contributed by atoms with E-state index in [0.29, 0.717) is 10.9 Å². The van der Waals surface area contributed by atoms with E-state index in [1.807, 2.05) is 19.9 Å². The van der Waals surface area contributed by atoms with Gasteiger partial charge in [0.25, 0.3) is 5.78 Å². The van der Waals surface area contributed by atoms with Crippen LogP contribution in [0.4, 0.5) is 10.1 Å². The summed E-state index contributed by atoms with van der Waals surface area (Å²) in [5.74, 6) is -0.457. The first-order chi connectivity index (χ1) is 11.8. The molecule has 9 heteroatoms. The lowest BCUT2D eigenvalue weighted by Gasteiger charge is -2.10. The van der Waals surface area contributed by atoms with Gasteiger partial charge in [-0.05, 0) is 45.0 Å². The van der Waals surface area contributed by atoms with Crippen LogP contribution in [0.1, 0.15) is 18.3 Å². The Morgan fingerprint density at radius 2 is 2.08 bits per heavy atom. The number of aromatic nitrogens is 4. The zero-order valence-corrected chi connectivity index (χ0v) is 15.3. The van der Waals surface area contributed by atoms with Crippen molar-refractivity contribution in [2.24, 2.45) is 0 Å². The molecule has 1 N–H and O–H groups in total. The Balaban J connectivity index is 1.74. The highest BCUT2D eigenvalue weighted by Gasteiger charge is 2.19. The van der Waals surface area contributed by atoms with Crippen molar-refractivity contribution in [3.8, 4) is 0 Å². The number of thioether (sulfide) groups is 1. The Labute approximate surface area is 152 Å².